The van der Waals surface area contributed by atoms with E-state index in [2.05, 4.69) is 35.8 Å². The predicted octanol–water partition coefficient (Wildman–Crippen LogP) is 2.26. The topological polar surface area (TPSA) is 56.5 Å². The number of hydrogen-bond donors (Lipinski definition) is 2. The molecule has 0 amide bonds. The molecule has 0 heterocycles. The SMILES string of the molecule is CCOCC(Cc1cccc2ccc(OC)cc12)NN. The van der Waals surface area contributed by atoms with Crippen LogP contribution in [0.15, 0.2) is 36.4 Å². The van der Waals surface area contributed by atoms with Crippen LogP contribution in [0.4, 0.5) is 0 Å². The normalized spacial score (nSPS) is 12.6. The summed E-state index contributed by atoms with van der Waals surface area (Å²) in [4.78, 5) is 0. The molecule has 2 rings (SSSR count). The fourth-order valence-corrected chi connectivity index (χ4v) is 2.31. The van der Waals surface area contributed by atoms with Gasteiger partial charge >= 0.3 is 0 Å². The van der Waals surface area contributed by atoms with Crippen molar-refractivity contribution in [3.63, 3.8) is 0 Å². The molecule has 0 aromatic heterocycles. The van der Waals surface area contributed by atoms with Gasteiger partial charge in [0, 0.05) is 12.6 Å². The van der Waals surface area contributed by atoms with Crippen LogP contribution >= 0.6 is 0 Å². The van der Waals surface area contributed by atoms with E-state index in [0.717, 1.165) is 12.2 Å². The summed E-state index contributed by atoms with van der Waals surface area (Å²) in [6, 6.07) is 12.5. The van der Waals surface area contributed by atoms with E-state index in [1.807, 2.05) is 13.0 Å². The predicted molar refractivity (Wildman–Crippen MR) is 81.8 cm³/mol. The van der Waals surface area contributed by atoms with E-state index in [9.17, 15) is 0 Å². The van der Waals surface area contributed by atoms with E-state index in [0.29, 0.717) is 13.2 Å². The Hall–Kier alpha value is -1.62. The maximum atomic E-state index is 5.61. The second-order valence-electron chi connectivity index (χ2n) is 4.73. The lowest BCUT2D eigenvalue weighted by molar-refractivity contribution is 0.123. The third kappa shape index (κ3) is 3.48. The Morgan fingerprint density at radius 1 is 1.25 bits per heavy atom. The Labute approximate surface area is 119 Å². The van der Waals surface area contributed by atoms with Crippen molar-refractivity contribution in [2.45, 2.75) is 19.4 Å². The van der Waals surface area contributed by atoms with Crippen molar-refractivity contribution in [3.8, 4) is 5.75 Å². The summed E-state index contributed by atoms with van der Waals surface area (Å²) >= 11 is 0. The molecule has 0 bridgehead atoms. The third-order valence-corrected chi connectivity index (χ3v) is 3.40. The summed E-state index contributed by atoms with van der Waals surface area (Å²) in [5.41, 5.74) is 4.06. The summed E-state index contributed by atoms with van der Waals surface area (Å²) in [6.07, 6.45) is 0.820. The molecule has 0 radical (unpaired) electrons. The average molecular weight is 274 g/mol. The fourth-order valence-electron chi connectivity index (χ4n) is 2.31. The summed E-state index contributed by atoms with van der Waals surface area (Å²) in [6.45, 7) is 3.28. The third-order valence-electron chi connectivity index (χ3n) is 3.40. The van der Waals surface area contributed by atoms with Gasteiger partial charge in [0.2, 0.25) is 0 Å². The van der Waals surface area contributed by atoms with Crippen molar-refractivity contribution in [2.24, 2.45) is 5.84 Å². The van der Waals surface area contributed by atoms with Gasteiger partial charge in [-0.25, -0.2) is 0 Å². The molecule has 1 atom stereocenters. The van der Waals surface area contributed by atoms with Crippen molar-refractivity contribution in [1.29, 1.82) is 0 Å². The number of fused-ring (bicyclic) bond motifs is 1. The van der Waals surface area contributed by atoms with E-state index in [-0.39, 0.29) is 6.04 Å². The summed E-state index contributed by atoms with van der Waals surface area (Å²) in [5.74, 6) is 6.47. The van der Waals surface area contributed by atoms with Crippen LogP contribution < -0.4 is 16.0 Å². The van der Waals surface area contributed by atoms with Gasteiger partial charge in [-0.2, -0.15) is 0 Å². The van der Waals surface area contributed by atoms with Crippen LogP contribution in [0.5, 0.6) is 5.75 Å². The van der Waals surface area contributed by atoms with E-state index in [1.54, 1.807) is 7.11 Å². The Morgan fingerprint density at radius 3 is 2.80 bits per heavy atom. The Bertz CT molecular complexity index is 557. The van der Waals surface area contributed by atoms with Gasteiger partial charge in [-0.05, 0) is 41.8 Å². The number of ether oxygens (including phenoxy) is 2. The van der Waals surface area contributed by atoms with E-state index in [4.69, 9.17) is 15.3 Å². The molecule has 4 nitrogen and oxygen atoms in total. The maximum Gasteiger partial charge on any atom is 0.119 e. The van der Waals surface area contributed by atoms with Gasteiger partial charge in [0.1, 0.15) is 5.75 Å². The monoisotopic (exact) mass is 274 g/mol. The van der Waals surface area contributed by atoms with Crippen LogP contribution in [0.25, 0.3) is 10.8 Å². The second kappa shape index (κ2) is 7.24. The Kier molecular flexibility index (Phi) is 5.35. The van der Waals surface area contributed by atoms with E-state index in [1.165, 1.54) is 16.3 Å². The molecule has 0 aliphatic rings. The molecule has 0 fully saturated rings. The van der Waals surface area contributed by atoms with Crippen molar-refractivity contribution in [3.05, 3.63) is 42.0 Å². The zero-order chi connectivity index (χ0) is 14.4. The molecule has 0 saturated carbocycles. The van der Waals surface area contributed by atoms with Gasteiger partial charge in [-0.15, -0.1) is 0 Å². The first kappa shape index (κ1) is 14.8. The van der Waals surface area contributed by atoms with Crippen molar-refractivity contribution < 1.29 is 9.47 Å². The number of hydrazine groups is 1. The van der Waals surface area contributed by atoms with Gasteiger partial charge in [-0.1, -0.05) is 24.3 Å². The molecule has 1 unspecified atom stereocenters. The lowest BCUT2D eigenvalue weighted by atomic mass is 9.99. The van der Waals surface area contributed by atoms with Gasteiger partial charge in [0.15, 0.2) is 0 Å². The smallest absolute Gasteiger partial charge is 0.119 e. The maximum absolute atomic E-state index is 5.61. The van der Waals surface area contributed by atoms with Crippen LogP contribution in [0, 0.1) is 0 Å². The lowest BCUT2D eigenvalue weighted by Crippen LogP contribution is -2.40. The number of benzene rings is 2. The first-order valence-corrected chi connectivity index (χ1v) is 6.88. The van der Waals surface area contributed by atoms with Crippen LogP contribution in [-0.2, 0) is 11.2 Å². The van der Waals surface area contributed by atoms with Gasteiger partial charge in [0.05, 0.1) is 13.7 Å². The molecule has 108 valence electrons. The first-order chi connectivity index (χ1) is 9.78. The van der Waals surface area contributed by atoms with E-state index < -0.39 is 0 Å². The highest BCUT2D eigenvalue weighted by Gasteiger charge is 2.10. The van der Waals surface area contributed by atoms with E-state index >= 15 is 0 Å². The van der Waals surface area contributed by atoms with Crippen molar-refractivity contribution in [2.75, 3.05) is 20.3 Å². The number of nitrogens with two attached hydrogens (primary N) is 1. The van der Waals surface area contributed by atoms with Crippen molar-refractivity contribution >= 4 is 10.8 Å². The number of nitrogens with one attached hydrogen (secondary N) is 1. The number of methoxy groups -OCH3 is 1. The Morgan fingerprint density at radius 2 is 2.10 bits per heavy atom. The van der Waals surface area contributed by atoms with Crippen LogP contribution in [0.1, 0.15) is 12.5 Å². The Balaban J connectivity index is 2.28. The van der Waals surface area contributed by atoms with Crippen LogP contribution in [-0.4, -0.2) is 26.4 Å². The molecular weight excluding hydrogens is 252 g/mol. The number of rotatable bonds is 7. The minimum Gasteiger partial charge on any atom is -0.497 e. The van der Waals surface area contributed by atoms with Gasteiger partial charge in [0.25, 0.3) is 0 Å². The summed E-state index contributed by atoms with van der Waals surface area (Å²) < 4.78 is 10.8. The zero-order valence-corrected chi connectivity index (χ0v) is 12.1. The summed E-state index contributed by atoms with van der Waals surface area (Å²) in [5, 5.41) is 2.40. The molecule has 2 aromatic rings. The molecule has 2 aromatic carbocycles. The second-order valence-corrected chi connectivity index (χ2v) is 4.73. The minimum atomic E-state index is 0.103. The molecular formula is C16H22N2O2. The van der Waals surface area contributed by atoms with Gasteiger partial charge in [-0.3, -0.25) is 11.3 Å². The molecule has 20 heavy (non-hydrogen) atoms. The van der Waals surface area contributed by atoms with Crippen LogP contribution in [0.2, 0.25) is 0 Å². The van der Waals surface area contributed by atoms with Crippen LogP contribution in [0.3, 0.4) is 0 Å². The molecule has 0 spiro atoms. The minimum absolute atomic E-state index is 0.103. The highest BCUT2D eigenvalue weighted by Crippen LogP contribution is 2.24. The molecule has 0 aliphatic carbocycles. The van der Waals surface area contributed by atoms with Crippen molar-refractivity contribution in [1.82, 2.24) is 5.43 Å². The van der Waals surface area contributed by atoms with Gasteiger partial charge < -0.3 is 9.47 Å². The largest absolute Gasteiger partial charge is 0.497 e. The average Bonchev–Trinajstić information content (AvgIpc) is 2.51. The zero-order valence-electron chi connectivity index (χ0n) is 12.1. The molecule has 4 heteroatoms. The number of hydrogen-bond acceptors (Lipinski definition) is 4. The fraction of sp³-hybridized carbons (Fsp3) is 0.375. The molecule has 0 saturated heterocycles. The standard InChI is InChI=1S/C16H22N2O2/c1-3-20-11-14(18-17)9-13-6-4-5-12-7-8-15(19-2)10-16(12)13/h4-8,10,14,18H,3,9,11,17H2,1-2H3. The molecule has 0 aliphatic heterocycles. The highest BCUT2D eigenvalue weighted by molar-refractivity contribution is 5.87. The molecule has 3 N–H and O–H groups in total. The highest BCUT2D eigenvalue weighted by atomic mass is 16.5. The first-order valence-electron chi connectivity index (χ1n) is 6.88. The summed E-state index contributed by atoms with van der Waals surface area (Å²) in [7, 11) is 1.68. The quantitative estimate of drug-likeness (QED) is 0.600. The lowest BCUT2D eigenvalue weighted by Gasteiger charge is -2.17.